The summed E-state index contributed by atoms with van der Waals surface area (Å²) >= 11 is 9.98. The molecule has 0 fully saturated rings. The van der Waals surface area contributed by atoms with Gasteiger partial charge in [-0.1, -0.05) is 6.07 Å². The number of hydrogen-bond donors (Lipinski definition) is 3. The first-order valence-corrected chi connectivity index (χ1v) is 9.26. The summed E-state index contributed by atoms with van der Waals surface area (Å²) in [5.74, 6) is 0.122. The van der Waals surface area contributed by atoms with Crippen LogP contribution in [0.3, 0.4) is 0 Å². The van der Waals surface area contributed by atoms with E-state index in [2.05, 4.69) is 25.2 Å². The minimum absolute atomic E-state index is 0. The van der Waals surface area contributed by atoms with E-state index in [1.165, 1.54) is 0 Å². The van der Waals surface area contributed by atoms with E-state index in [1.807, 2.05) is 32.2 Å². The summed E-state index contributed by atoms with van der Waals surface area (Å²) in [4.78, 5) is 22.2. The largest absolute Gasteiger partial charge is 1.00 e. The van der Waals surface area contributed by atoms with E-state index in [9.17, 15) is 9.90 Å². The number of aromatic nitrogens is 3. The fourth-order valence-electron chi connectivity index (χ4n) is 2.49. The molecular weight excluding hydrogens is 425 g/mol. The first-order chi connectivity index (χ1) is 12.8. The van der Waals surface area contributed by atoms with Crippen LogP contribution < -0.4 is 71.4 Å². The minimum Gasteiger partial charge on any atom is -0.550 e. The van der Waals surface area contributed by atoms with Gasteiger partial charge in [0, 0.05) is 31.3 Å². The maximum absolute atomic E-state index is 10.5. The molecule has 1 aromatic carbocycles. The van der Waals surface area contributed by atoms with Crippen molar-refractivity contribution in [3.8, 4) is 5.75 Å². The van der Waals surface area contributed by atoms with Crippen LogP contribution in [-0.2, 0) is 4.79 Å². The van der Waals surface area contributed by atoms with Gasteiger partial charge in [-0.2, -0.15) is 4.98 Å². The maximum Gasteiger partial charge on any atom is 1.00 e. The Morgan fingerprint density at radius 2 is 2.07 bits per heavy atom. The molecule has 0 saturated carbocycles. The van der Waals surface area contributed by atoms with Crippen molar-refractivity contribution in [1.82, 2.24) is 15.0 Å². The molecule has 0 aliphatic rings. The number of benzene rings is 1. The Labute approximate surface area is 216 Å². The molecule has 3 N–H and O–H groups in total. The van der Waals surface area contributed by atoms with E-state index < -0.39 is 5.97 Å². The molecule has 8 nitrogen and oxygen atoms in total. The van der Waals surface area contributed by atoms with Crippen molar-refractivity contribution in [2.24, 2.45) is 0 Å². The number of aliphatic carboxylic acids is 1. The predicted octanol–water partition coefficient (Wildman–Crippen LogP) is -0.686. The van der Waals surface area contributed by atoms with Crippen molar-refractivity contribution < 1.29 is 66.0 Å². The number of rotatable bonds is 10. The van der Waals surface area contributed by atoms with Gasteiger partial charge in [0.05, 0.1) is 0 Å². The number of H-pyrrole nitrogens is 2. The molecule has 0 aliphatic carbocycles. The third-order valence-electron chi connectivity index (χ3n) is 3.86. The van der Waals surface area contributed by atoms with Gasteiger partial charge in [-0.05, 0) is 62.3 Å². The van der Waals surface area contributed by atoms with Gasteiger partial charge in [0.15, 0.2) is 11.5 Å². The summed E-state index contributed by atoms with van der Waals surface area (Å²) in [5.41, 5.74) is 2.14. The third kappa shape index (κ3) is 8.68. The van der Waals surface area contributed by atoms with E-state index in [0.29, 0.717) is 27.7 Å². The molecule has 1 heterocycles. The Bertz CT molecular complexity index is 875. The van der Waals surface area contributed by atoms with Gasteiger partial charge in [-0.25, -0.2) is 0 Å². The van der Waals surface area contributed by atoms with Crippen LogP contribution in [0, 0.1) is 16.5 Å². The molecule has 0 amide bonds. The molecule has 0 radical (unpaired) electrons. The van der Waals surface area contributed by atoms with E-state index in [4.69, 9.17) is 29.2 Å². The van der Waals surface area contributed by atoms with Crippen LogP contribution in [0.4, 0.5) is 11.6 Å². The molecule has 0 atom stereocenters. The normalized spacial score (nSPS) is 10.1. The SMILES string of the molecule is Cc1ccc(OCNc2nc(=S)[nH]c(=S)[nH]2)cc1N(C)CCCCC(=O)[O-].[K+]. The van der Waals surface area contributed by atoms with Crippen LogP contribution in [0.25, 0.3) is 0 Å². The quantitative estimate of drug-likeness (QED) is 0.190. The second kappa shape index (κ2) is 12.7. The summed E-state index contributed by atoms with van der Waals surface area (Å²) in [6.45, 7) is 2.96. The summed E-state index contributed by atoms with van der Waals surface area (Å²) in [5, 5.41) is 13.5. The summed E-state index contributed by atoms with van der Waals surface area (Å²) in [6.07, 6.45) is 1.46. The molecule has 0 aliphatic heterocycles. The number of carboxylic acid groups (broad SMARTS) is 1. The van der Waals surface area contributed by atoms with E-state index in [0.717, 1.165) is 24.2 Å². The van der Waals surface area contributed by atoms with E-state index in [1.54, 1.807) is 0 Å². The number of carboxylic acids is 1. The number of nitrogens with zero attached hydrogens (tertiary/aromatic N) is 2. The van der Waals surface area contributed by atoms with Crippen LogP contribution in [0.2, 0.25) is 0 Å². The number of ether oxygens (including phenoxy) is 1. The molecule has 11 heteroatoms. The van der Waals surface area contributed by atoms with Gasteiger partial charge in [0.1, 0.15) is 5.75 Å². The number of unbranched alkanes of at least 4 members (excludes halogenated alkanes) is 1. The van der Waals surface area contributed by atoms with Crippen molar-refractivity contribution >= 4 is 42.0 Å². The molecule has 0 saturated heterocycles. The molecule has 0 unspecified atom stereocenters. The maximum atomic E-state index is 10.5. The number of hydrogen-bond acceptors (Lipinski definition) is 8. The Morgan fingerprint density at radius 3 is 2.75 bits per heavy atom. The van der Waals surface area contributed by atoms with Crippen LogP contribution >= 0.6 is 24.4 Å². The molecule has 28 heavy (non-hydrogen) atoms. The monoisotopic (exact) mass is 447 g/mol. The summed E-state index contributed by atoms with van der Waals surface area (Å²) in [7, 11) is 1.97. The molecule has 1 aromatic heterocycles. The summed E-state index contributed by atoms with van der Waals surface area (Å²) in [6, 6.07) is 5.81. The van der Waals surface area contributed by atoms with Crippen molar-refractivity contribution in [2.45, 2.75) is 26.2 Å². The zero-order chi connectivity index (χ0) is 19.8. The van der Waals surface area contributed by atoms with Crippen molar-refractivity contribution in [1.29, 1.82) is 0 Å². The molecule has 0 bridgehead atoms. The molecule has 2 aromatic rings. The number of aromatic amines is 2. The Kier molecular flexibility index (Phi) is 11.4. The number of carbonyl (C=O) groups excluding carboxylic acids is 1. The Balaban J connectivity index is 0.00000392. The van der Waals surface area contributed by atoms with E-state index in [-0.39, 0.29) is 64.5 Å². The zero-order valence-corrected chi connectivity index (χ0v) is 21.0. The smallest absolute Gasteiger partial charge is 0.550 e. The van der Waals surface area contributed by atoms with Gasteiger partial charge in [0.25, 0.3) is 0 Å². The first-order valence-electron chi connectivity index (χ1n) is 8.44. The number of carbonyl (C=O) groups is 1. The molecular formula is C17H22KN5O3S2. The Morgan fingerprint density at radius 1 is 1.32 bits per heavy atom. The van der Waals surface area contributed by atoms with Crippen LogP contribution in [-0.4, -0.2) is 41.2 Å². The van der Waals surface area contributed by atoms with Crippen molar-refractivity contribution in [3.05, 3.63) is 33.3 Å². The predicted molar refractivity (Wildman–Crippen MR) is 107 cm³/mol. The average Bonchev–Trinajstić information content (AvgIpc) is 2.59. The second-order valence-electron chi connectivity index (χ2n) is 6.01. The van der Waals surface area contributed by atoms with Gasteiger partial charge in [0.2, 0.25) is 10.7 Å². The van der Waals surface area contributed by atoms with Gasteiger partial charge < -0.3 is 34.8 Å². The van der Waals surface area contributed by atoms with Crippen LogP contribution in [0.1, 0.15) is 24.8 Å². The fourth-order valence-corrected chi connectivity index (χ4v) is 2.95. The fraction of sp³-hybridized carbons (Fsp3) is 0.412. The zero-order valence-electron chi connectivity index (χ0n) is 16.2. The minimum atomic E-state index is -1.01. The van der Waals surface area contributed by atoms with Crippen molar-refractivity contribution in [2.75, 3.05) is 30.5 Å². The average molecular weight is 448 g/mol. The number of anilines is 2. The molecule has 146 valence electrons. The number of aryl methyl sites for hydroxylation is 1. The molecule has 0 spiro atoms. The first kappa shape index (κ1) is 25.2. The topological polar surface area (TPSA) is 109 Å². The third-order valence-corrected chi connectivity index (χ3v) is 4.26. The standard InChI is InChI=1S/C17H23N5O3S2.K/c1-11-6-7-12(9-13(11)22(2)8-4-3-5-14(23)24)25-10-18-15-19-16(26)21-17(27)20-15;/h6-7,9H,3-5,8,10H2,1-2H3,(H,23,24)(H3,18,19,20,21,26,27);/q;+1/p-1. The van der Waals surface area contributed by atoms with Gasteiger partial charge in [-0.15, -0.1) is 0 Å². The van der Waals surface area contributed by atoms with Crippen LogP contribution in [0.5, 0.6) is 5.75 Å². The van der Waals surface area contributed by atoms with Gasteiger partial charge >= 0.3 is 51.4 Å². The van der Waals surface area contributed by atoms with Crippen molar-refractivity contribution in [3.63, 3.8) is 0 Å². The Hall–Kier alpha value is -0.824. The van der Waals surface area contributed by atoms with Crippen LogP contribution in [0.15, 0.2) is 18.2 Å². The second-order valence-corrected chi connectivity index (χ2v) is 6.80. The van der Waals surface area contributed by atoms with E-state index >= 15 is 0 Å². The van der Waals surface area contributed by atoms with Gasteiger partial charge in [-0.3, -0.25) is 0 Å². The summed E-state index contributed by atoms with van der Waals surface area (Å²) < 4.78 is 6.41. The number of nitrogens with one attached hydrogen (secondary N) is 3. The molecule has 2 rings (SSSR count).